The molecule has 1 aromatic rings. The molecule has 0 aromatic carbocycles. The van der Waals surface area contributed by atoms with E-state index in [-0.39, 0.29) is 6.10 Å². The lowest BCUT2D eigenvalue weighted by molar-refractivity contribution is 0.100. The normalized spacial score (nSPS) is 22.3. The Morgan fingerprint density at radius 1 is 1.33 bits per heavy atom. The molecule has 1 fully saturated rings. The first-order valence-electron chi connectivity index (χ1n) is 7.53. The molecule has 1 saturated carbocycles. The van der Waals surface area contributed by atoms with Gasteiger partial charge in [-0.15, -0.1) is 11.3 Å². The highest BCUT2D eigenvalue weighted by atomic mass is 32.1. The van der Waals surface area contributed by atoms with E-state index >= 15 is 0 Å². The van der Waals surface area contributed by atoms with Crippen molar-refractivity contribution in [1.82, 2.24) is 0 Å². The fourth-order valence-corrected chi connectivity index (χ4v) is 3.63. The molecular weight excluding hydrogens is 286 g/mol. The molecule has 1 heterocycles. The molecule has 0 bridgehead atoms. The van der Waals surface area contributed by atoms with Gasteiger partial charge in [-0.3, -0.25) is 4.79 Å². The van der Waals surface area contributed by atoms with Crippen LogP contribution in [0.4, 0.5) is 10.7 Å². The van der Waals surface area contributed by atoms with Crippen molar-refractivity contribution in [2.45, 2.75) is 58.6 Å². The molecule has 1 aliphatic carbocycles. The molecule has 6 heteroatoms. The van der Waals surface area contributed by atoms with Gasteiger partial charge in [-0.05, 0) is 45.4 Å². The van der Waals surface area contributed by atoms with Crippen molar-refractivity contribution in [1.29, 1.82) is 0 Å². The minimum atomic E-state index is -0.503. The number of nitrogens with two attached hydrogens (primary N) is 2. The third-order valence-electron chi connectivity index (χ3n) is 3.83. The molecule has 1 aromatic heterocycles. The van der Waals surface area contributed by atoms with E-state index in [1.165, 1.54) is 24.2 Å². The summed E-state index contributed by atoms with van der Waals surface area (Å²) in [6.45, 7) is 6.16. The molecule has 0 spiro atoms. The number of primary amides is 1. The van der Waals surface area contributed by atoms with Gasteiger partial charge in [-0.25, -0.2) is 0 Å². The van der Waals surface area contributed by atoms with Gasteiger partial charge in [0.15, 0.2) is 5.75 Å². The van der Waals surface area contributed by atoms with Crippen LogP contribution in [0.1, 0.15) is 56.1 Å². The smallest absolute Gasteiger partial charge is 0.261 e. The van der Waals surface area contributed by atoms with Gasteiger partial charge in [-0.1, -0.05) is 6.92 Å². The number of hydrogen-bond acceptors (Lipinski definition) is 5. The molecule has 1 aliphatic rings. The topological polar surface area (TPSA) is 90.4 Å². The molecule has 118 valence electrons. The summed E-state index contributed by atoms with van der Waals surface area (Å²) in [6.07, 6.45) is 4.70. The van der Waals surface area contributed by atoms with E-state index in [1.54, 1.807) is 0 Å². The summed E-state index contributed by atoms with van der Waals surface area (Å²) in [5.41, 5.74) is 11.8. The van der Waals surface area contributed by atoms with Crippen LogP contribution in [0.25, 0.3) is 0 Å². The predicted molar refractivity (Wildman–Crippen MR) is 88.1 cm³/mol. The number of nitrogen functional groups attached to an aromatic ring is 1. The van der Waals surface area contributed by atoms with Crippen molar-refractivity contribution in [3.63, 3.8) is 0 Å². The molecular formula is C15H25N3O2S. The van der Waals surface area contributed by atoms with E-state index in [0.717, 1.165) is 23.8 Å². The van der Waals surface area contributed by atoms with E-state index in [2.05, 4.69) is 12.2 Å². The second kappa shape index (κ2) is 6.56. The number of nitrogens with one attached hydrogen (secondary N) is 1. The zero-order chi connectivity index (χ0) is 15.6. The summed E-state index contributed by atoms with van der Waals surface area (Å²) < 4.78 is 5.78. The Morgan fingerprint density at radius 2 is 1.95 bits per heavy atom. The van der Waals surface area contributed by atoms with E-state index in [0.29, 0.717) is 22.4 Å². The molecule has 1 amide bonds. The van der Waals surface area contributed by atoms with Gasteiger partial charge < -0.3 is 21.5 Å². The average molecular weight is 311 g/mol. The highest BCUT2D eigenvalue weighted by molar-refractivity contribution is 7.19. The number of anilines is 2. The first kappa shape index (κ1) is 15.9. The fraction of sp³-hybridized carbons (Fsp3) is 0.667. The molecule has 2 rings (SSSR count). The fourth-order valence-electron chi connectivity index (χ4n) is 2.65. The van der Waals surface area contributed by atoms with Crippen molar-refractivity contribution < 1.29 is 9.53 Å². The molecule has 0 radical (unpaired) electrons. The van der Waals surface area contributed by atoms with Crippen molar-refractivity contribution in [3.8, 4) is 5.75 Å². The summed E-state index contributed by atoms with van der Waals surface area (Å²) in [5, 5.41) is 4.33. The Morgan fingerprint density at radius 3 is 2.48 bits per heavy atom. The van der Waals surface area contributed by atoms with Crippen LogP contribution in [0.15, 0.2) is 0 Å². The zero-order valence-electron chi connectivity index (χ0n) is 12.9. The van der Waals surface area contributed by atoms with Crippen LogP contribution in [0, 0.1) is 5.92 Å². The Labute approximate surface area is 130 Å². The van der Waals surface area contributed by atoms with Gasteiger partial charge in [0.05, 0.1) is 6.10 Å². The third kappa shape index (κ3) is 3.81. The van der Waals surface area contributed by atoms with Crippen molar-refractivity contribution in [2.75, 3.05) is 11.1 Å². The summed E-state index contributed by atoms with van der Waals surface area (Å²) >= 11 is 1.30. The van der Waals surface area contributed by atoms with Crippen LogP contribution in [-0.4, -0.2) is 18.1 Å². The SMILES string of the molecule is CC1CCC(Nc2sc(C(N)=O)c(N)c2OC(C)C)CC1. The highest BCUT2D eigenvalue weighted by Crippen LogP contribution is 2.44. The molecule has 5 nitrogen and oxygen atoms in total. The van der Waals surface area contributed by atoms with Crippen LogP contribution in [-0.2, 0) is 0 Å². The minimum Gasteiger partial charge on any atom is -0.486 e. The maximum absolute atomic E-state index is 11.5. The van der Waals surface area contributed by atoms with E-state index in [9.17, 15) is 4.79 Å². The van der Waals surface area contributed by atoms with Gasteiger partial charge in [0.2, 0.25) is 0 Å². The summed E-state index contributed by atoms with van der Waals surface area (Å²) in [4.78, 5) is 11.9. The van der Waals surface area contributed by atoms with Crippen molar-refractivity contribution in [3.05, 3.63) is 4.88 Å². The number of hydrogen-bond donors (Lipinski definition) is 3. The first-order chi connectivity index (χ1) is 9.88. The molecule has 0 atom stereocenters. The molecule has 0 aliphatic heterocycles. The minimum absolute atomic E-state index is 0.00504. The number of amides is 1. The maximum Gasteiger partial charge on any atom is 0.261 e. The Balaban J connectivity index is 2.20. The average Bonchev–Trinajstić information content (AvgIpc) is 2.70. The maximum atomic E-state index is 11.5. The van der Waals surface area contributed by atoms with Gasteiger partial charge >= 0.3 is 0 Å². The third-order valence-corrected chi connectivity index (χ3v) is 4.96. The molecule has 0 unspecified atom stereocenters. The first-order valence-corrected chi connectivity index (χ1v) is 8.35. The predicted octanol–water partition coefficient (Wildman–Crippen LogP) is 3.21. The Kier molecular flexibility index (Phi) is 4.98. The monoisotopic (exact) mass is 311 g/mol. The largest absolute Gasteiger partial charge is 0.486 e. The van der Waals surface area contributed by atoms with Crippen molar-refractivity contribution in [2.24, 2.45) is 11.7 Å². The number of carbonyl (C=O) groups is 1. The van der Waals surface area contributed by atoms with E-state index in [1.807, 2.05) is 13.8 Å². The number of carbonyl (C=O) groups excluding carboxylic acids is 1. The van der Waals surface area contributed by atoms with E-state index < -0.39 is 5.91 Å². The standard InChI is InChI=1S/C15H25N3O2S/c1-8(2)20-12-11(16)13(14(17)19)21-15(12)18-10-6-4-9(3)5-7-10/h8-10,18H,4-7,16H2,1-3H3,(H2,17,19). The van der Waals surface area contributed by atoms with Crippen LogP contribution in [0.3, 0.4) is 0 Å². The zero-order valence-corrected chi connectivity index (χ0v) is 13.8. The van der Waals surface area contributed by atoms with Crippen LogP contribution < -0.4 is 21.5 Å². The Hall–Kier alpha value is -1.43. The molecule has 5 N–H and O–H groups in total. The lowest BCUT2D eigenvalue weighted by atomic mass is 9.87. The van der Waals surface area contributed by atoms with Crippen LogP contribution >= 0.6 is 11.3 Å². The van der Waals surface area contributed by atoms with Gasteiger partial charge in [0.1, 0.15) is 15.6 Å². The lowest BCUT2D eigenvalue weighted by Crippen LogP contribution is -2.25. The second-order valence-electron chi connectivity index (χ2n) is 6.14. The highest BCUT2D eigenvalue weighted by Gasteiger charge is 2.25. The van der Waals surface area contributed by atoms with Gasteiger partial charge in [0.25, 0.3) is 5.91 Å². The lowest BCUT2D eigenvalue weighted by Gasteiger charge is -2.27. The molecule has 0 saturated heterocycles. The molecule has 21 heavy (non-hydrogen) atoms. The van der Waals surface area contributed by atoms with Crippen LogP contribution in [0.2, 0.25) is 0 Å². The summed E-state index contributed by atoms with van der Waals surface area (Å²) in [6, 6.07) is 0.412. The Bertz CT molecular complexity index is 505. The number of ether oxygens (including phenoxy) is 1. The number of thiophene rings is 1. The van der Waals surface area contributed by atoms with Crippen LogP contribution in [0.5, 0.6) is 5.75 Å². The second-order valence-corrected chi connectivity index (χ2v) is 7.16. The van der Waals surface area contributed by atoms with Gasteiger partial charge in [0, 0.05) is 6.04 Å². The van der Waals surface area contributed by atoms with E-state index in [4.69, 9.17) is 16.2 Å². The summed E-state index contributed by atoms with van der Waals surface area (Å²) in [7, 11) is 0. The number of rotatable bonds is 5. The quantitative estimate of drug-likeness (QED) is 0.779. The van der Waals surface area contributed by atoms with Gasteiger partial charge in [-0.2, -0.15) is 0 Å². The summed E-state index contributed by atoms with van der Waals surface area (Å²) in [5.74, 6) is 0.864. The van der Waals surface area contributed by atoms with Crippen molar-refractivity contribution >= 4 is 27.9 Å².